The number of aliphatic hydroxyl groups excluding tert-OH is 1. The van der Waals surface area contributed by atoms with E-state index in [0.29, 0.717) is 12.2 Å². The van der Waals surface area contributed by atoms with Gasteiger partial charge in [-0.05, 0) is 29.1 Å². The Morgan fingerprint density at radius 3 is 2.83 bits per heavy atom. The standard InChI is InChI=1S/C19H20N2O3/c22-17(13-24-12-14-4-2-1-3-5-14)11-21-19(23)16-7-6-15-8-9-20-18(15)10-16/h1-10,17,20,22H,11-13H2,(H,21,23). The van der Waals surface area contributed by atoms with Gasteiger partial charge in [0.2, 0.25) is 0 Å². The molecule has 5 nitrogen and oxygen atoms in total. The SMILES string of the molecule is O=C(NCC(O)COCc1ccccc1)c1ccc2cc[nH]c2c1. The number of aromatic amines is 1. The van der Waals surface area contributed by atoms with Crippen molar-refractivity contribution in [3.8, 4) is 0 Å². The number of ether oxygens (including phenoxy) is 1. The fourth-order valence-electron chi connectivity index (χ4n) is 2.45. The third kappa shape index (κ3) is 4.22. The molecule has 1 amide bonds. The Morgan fingerprint density at radius 2 is 2.00 bits per heavy atom. The second kappa shape index (κ2) is 7.77. The first-order chi connectivity index (χ1) is 11.7. The van der Waals surface area contributed by atoms with Crippen LogP contribution in [0.2, 0.25) is 0 Å². The van der Waals surface area contributed by atoms with E-state index in [2.05, 4.69) is 10.3 Å². The quantitative estimate of drug-likeness (QED) is 0.625. The van der Waals surface area contributed by atoms with Crippen LogP contribution in [0.3, 0.4) is 0 Å². The van der Waals surface area contributed by atoms with Gasteiger partial charge in [-0.15, -0.1) is 0 Å². The van der Waals surface area contributed by atoms with Gasteiger partial charge >= 0.3 is 0 Å². The first-order valence-electron chi connectivity index (χ1n) is 7.87. The summed E-state index contributed by atoms with van der Waals surface area (Å²) in [5, 5.41) is 13.7. The van der Waals surface area contributed by atoms with Gasteiger partial charge < -0.3 is 20.1 Å². The highest BCUT2D eigenvalue weighted by molar-refractivity contribution is 5.97. The number of H-pyrrole nitrogens is 1. The van der Waals surface area contributed by atoms with E-state index in [1.165, 1.54) is 0 Å². The van der Waals surface area contributed by atoms with Gasteiger partial charge in [0.1, 0.15) is 0 Å². The fraction of sp³-hybridized carbons (Fsp3) is 0.211. The number of carbonyl (C=O) groups is 1. The molecule has 0 saturated carbocycles. The highest BCUT2D eigenvalue weighted by atomic mass is 16.5. The topological polar surface area (TPSA) is 74.3 Å². The Labute approximate surface area is 140 Å². The molecule has 0 spiro atoms. The Balaban J connectivity index is 1.43. The van der Waals surface area contributed by atoms with Crippen LogP contribution in [0.5, 0.6) is 0 Å². The monoisotopic (exact) mass is 324 g/mol. The predicted molar refractivity (Wildman–Crippen MR) is 92.7 cm³/mol. The summed E-state index contributed by atoms with van der Waals surface area (Å²) in [5.41, 5.74) is 2.52. The summed E-state index contributed by atoms with van der Waals surface area (Å²) >= 11 is 0. The number of nitrogens with one attached hydrogen (secondary N) is 2. The van der Waals surface area contributed by atoms with Gasteiger partial charge in [-0.3, -0.25) is 4.79 Å². The first kappa shape index (κ1) is 16.2. The maximum Gasteiger partial charge on any atom is 0.251 e. The molecule has 1 atom stereocenters. The number of aromatic nitrogens is 1. The third-order valence-corrected chi connectivity index (χ3v) is 3.74. The number of fused-ring (bicyclic) bond motifs is 1. The van der Waals surface area contributed by atoms with Crippen molar-refractivity contribution in [2.45, 2.75) is 12.7 Å². The summed E-state index contributed by atoms with van der Waals surface area (Å²) in [4.78, 5) is 15.2. The molecule has 0 aliphatic rings. The van der Waals surface area contributed by atoms with E-state index >= 15 is 0 Å². The van der Waals surface area contributed by atoms with Crippen LogP contribution >= 0.6 is 0 Å². The predicted octanol–water partition coefficient (Wildman–Crippen LogP) is 2.48. The van der Waals surface area contributed by atoms with Crippen LogP contribution in [0.4, 0.5) is 0 Å². The Morgan fingerprint density at radius 1 is 1.17 bits per heavy atom. The number of carbonyl (C=O) groups excluding carboxylic acids is 1. The molecule has 2 aromatic carbocycles. The van der Waals surface area contributed by atoms with Crippen molar-refractivity contribution in [2.24, 2.45) is 0 Å². The van der Waals surface area contributed by atoms with Crippen molar-refractivity contribution >= 4 is 16.8 Å². The van der Waals surface area contributed by atoms with Crippen LogP contribution in [-0.2, 0) is 11.3 Å². The zero-order valence-electron chi connectivity index (χ0n) is 13.2. The highest BCUT2D eigenvalue weighted by Gasteiger charge is 2.10. The summed E-state index contributed by atoms with van der Waals surface area (Å²) in [5.74, 6) is -0.214. The second-order valence-electron chi connectivity index (χ2n) is 5.64. The lowest BCUT2D eigenvalue weighted by atomic mass is 10.1. The smallest absolute Gasteiger partial charge is 0.251 e. The summed E-state index contributed by atoms with van der Waals surface area (Å²) in [6.45, 7) is 0.760. The number of hydrogen-bond acceptors (Lipinski definition) is 3. The lowest BCUT2D eigenvalue weighted by Crippen LogP contribution is -2.34. The molecule has 1 aromatic heterocycles. The minimum Gasteiger partial charge on any atom is -0.389 e. The van der Waals surface area contributed by atoms with Gasteiger partial charge in [0, 0.05) is 23.8 Å². The van der Waals surface area contributed by atoms with Crippen molar-refractivity contribution in [2.75, 3.05) is 13.2 Å². The highest BCUT2D eigenvalue weighted by Crippen LogP contribution is 2.14. The normalized spacial score (nSPS) is 12.2. The Bertz CT molecular complexity index is 798. The Hall–Kier alpha value is -2.63. The number of rotatable bonds is 7. The van der Waals surface area contributed by atoms with Crippen molar-refractivity contribution in [1.29, 1.82) is 0 Å². The van der Waals surface area contributed by atoms with Gasteiger partial charge in [0.25, 0.3) is 5.91 Å². The molecule has 124 valence electrons. The average Bonchev–Trinajstić information content (AvgIpc) is 3.08. The number of amides is 1. The zero-order valence-corrected chi connectivity index (χ0v) is 13.2. The summed E-state index contributed by atoms with van der Waals surface area (Å²) in [6.07, 6.45) is 1.09. The Kier molecular flexibility index (Phi) is 5.25. The first-order valence-corrected chi connectivity index (χ1v) is 7.87. The molecule has 3 N–H and O–H groups in total. The van der Waals surface area contributed by atoms with Crippen LogP contribution in [0.25, 0.3) is 10.9 Å². The van der Waals surface area contributed by atoms with Crippen LogP contribution in [0.1, 0.15) is 15.9 Å². The van der Waals surface area contributed by atoms with E-state index in [-0.39, 0.29) is 19.1 Å². The average molecular weight is 324 g/mol. The van der Waals surface area contributed by atoms with Crippen LogP contribution in [0, 0.1) is 0 Å². The number of aliphatic hydroxyl groups is 1. The molecule has 3 aromatic rings. The molecule has 0 bridgehead atoms. The molecule has 3 rings (SSSR count). The van der Waals surface area contributed by atoms with E-state index in [9.17, 15) is 9.90 Å². The van der Waals surface area contributed by atoms with Gasteiger partial charge in [0.15, 0.2) is 0 Å². The minimum absolute atomic E-state index is 0.149. The zero-order chi connectivity index (χ0) is 16.8. The number of hydrogen-bond donors (Lipinski definition) is 3. The molecule has 1 unspecified atom stereocenters. The van der Waals surface area contributed by atoms with E-state index in [1.54, 1.807) is 12.1 Å². The molecule has 0 aliphatic heterocycles. The van der Waals surface area contributed by atoms with Crippen LogP contribution < -0.4 is 5.32 Å². The lowest BCUT2D eigenvalue weighted by Gasteiger charge is -2.12. The van der Waals surface area contributed by atoms with Gasteiger partial charge in [-0.25, -0.2) is 0 Å². The molecule has 0 saturated heterocycles. The van der Waals surface area contributed by atoms with E-state index in [0.717, 1.165) is 16.5 Å². The minimum atomic E-state index is -0.744. The molecule has 0 fully saturated rings. The van der Waals surface area contributed by atoms with E-state index in [1.807, 2.05) is 48.7 Å². The fourth-order valence-corrected chi connectivity index (χ4v) is 2.45. The summed E-state index contributed by atoms with van der Waals surface area (Å²) < 4.78 is 5.46. The maximum atomic E-state index is 12.1. The molecule has 1 heterocycles. The number of benzene rings is 2. The second-order valence-corrected chi connectivity index (χ2v) is 5.64. The van der Waals surface area contributed by atoms with Gasteiger partial charge in [0.05, 0.1) is 19.3 Å². The maximum absolute atomic E-state index is 12.1. The summed E-state index contributed by atoms with van der Waals surface area (Å²) in [7, 11) is 0. The van der Waals surface area contributed by atoms with E-state index < -0.39 is 6.10 Å². The summed E-state index contributed by atoms with van der Waals surface area (Å²) in [6, 6.07) is 17.2. The third-order valence-electron chi connectivity index (χ3n) is 3.74. The lowest BCUT2D eigenvalue weighted by molar-refractivity contribution is 0.0285. The van der Waals surface area contributed by atoms with Crippen LogP contribution in [0.15, 0.2) is 60.8 Å². The van der Waals surface area contributed by atoms with Gasteiger partial charge in [-0.2, -0.15) is 0 Å². The van der Waals surface area contributed by atoms with E-state index in [4.69, 9.17) is 4.74 Å². The van der Waals surface area contributed by atoms with Gasteiger partial charge in [-0.1, -0.05) is 36.4 Å². The van der Waals surface area contributed by atoms with Crippen molar-refractivity contribution in [1.82, 2.24) is 10.3 Å². The van der Waals surface area contributed by atoms with Crippen molar-refractivity contribution in [3.63, 3.8) is 0 Å². The van der Waals surface area contributed by atoms with Crippen LogP contribution in [-0.4, -0.2) is 35.3 Å². The van der Waals surface area contributed by atoms with Crippen molar-refractivity contribution < 1.29 is 14.6 Å². The largest absolute Gasteiger partial charge is 0.389 e. The molecule has 24 heavy (non-hydrogen) atoms. The molecular formula is C19H20N2O3. The molecule has 0 aliphatic carbocycles. The molecule has 0 radical (unpaired) electrons. The van der Waals surface area contributed by atoms with Crippen molar-refractivity contribution in [3.05, 3.63) is 71.9 Å². The molecular weight excluding hydrogens is 304 g/mol. The molecule has 5 heteroatoms.